The predicted molar refractivity (Wildman–Crippen MR) is 144 cm³/mol. The highest BCUT2D eigenvalue weighted by Crippen LogP contribution is 2.50. The van der Waals surface area contributed by atoms with Crippen molar-refractivity contribution < 1.29 is 0 Å². The number of aryl methyl sites for hydroxylation is 1. The third kappa shape index (κ3) is 3.27. The van der Waals surface area contributed by atoms with E-state index in [9.17, 15) is 4.79 Å². The summed E-state index contributed by atoms with van der Waals surface area (Å²) >= 11 is 0. The van der Waals surface area contributed by atoms with Gasteiger partial charge in [-0.2, -0.15) is 15.2 Å². The molecule has 186 valence electrons. The molecule has 2 aliphatic rings. The number of nitrogens with one attached hydrogen (secondary N) is 3. The number of benzene rings is 2. The maximum absolute atomic E-state index is 13.3. The highest BCUT2D eigenvalue weighted by Gasteiger charge is 2.46. The zero-order valence-corrected chi connectivity index (χ0v) is 20.6. The van der Waals surface area contributed by atoms with E-state index in [1.54, 1.807) is 0 Å². The lowest BCUT2D eigenvalue weighted by Gasteiger charge is -2.42. The van der Waals surface area contributed by atoms with Gasteiger partial charge < -0.3 is 10.6 Å². The number of H-pyrrole nitrogens is 3. The highest BCUT2D eigenvalue weighted by molar-refractivity contribution is 5.95. The molecule has 2 aromatic carbocycles. The number of anilines is 1. The highest BCUT2D eigenvalue weighted by atomic mass is 16.1. The second-order valence-corrected chi connectivity index (χ2v) is 10.4. The summed E-state index contributed by atoms with van der Waals surface area (Å²) in [6.45, 7) is 7.76. The van der Waals surface area contributed by atoms with Gasteiger partial charge in [-0.3, -0.25) is 20.0 Å². The monoisotopic (exact) mass is 492 g/mol. The number of fused-ring (bicyclic) bond motifs is 3. The maximum Gasteiger partial charge on any atom is 0.264 e. The molecule has 0 radical (unpaired) electrons. The molecule has 0 unspecified atom stereocenters. The number of rotatable bonds is 3. The molecule has 1 saturated heterocycles. The van der Waals surface area contributed by atoms with Crippen LogP contribution in [0.25, 0.3) is 27.5 Å². The number of aromatic nitrogens is 6. The molecule has 0 saturated carbocycles. The van der Waals surface area contributed by atoms with Gasteiger partial charge in [0.15, 0.2) is 5.65 Å². The van der Waals surface area contributed by atoms with E-state index in [4.69, 9.17) is 10.7 Å². The average Bonchev–Trinajstić information content (AvgIpc) is 3.59. The van der Waals surface area contributed by atoms with E-state index in [-0.39, 0.29) is 17.0 Å². The van der Waals surface area contributed by atoms with E-state index in [2.05, 4.69) is 61.1 Å². The van der Waals surface area contributed by atoms with Crippen LogP contribution in [0.15, 0.2) is 53.8 Å². The molecule has 4 heterocycles. The molecule has 37 heavy (non-hydrogen) atoms. The Morgan fingerprint density at radius 3 is 2.76 bits per heavy atom. The maximum atomic E-state index is 13.3. The van der Waals surface area contributed by atoms with Crippen molar-refractivity contribution in [2.75, 3.05) is 18.0 Å². The van der Waals surface area contributed by atoms with Crippen LogP contribution in [-0.4, -0.2) is 43.5 Å². The fourth-order valence-electron chi connectivity index (χ4n) is 6.23. The molecular formula is C28H28N8O. The predicted octanol–water partition coefficient (Wildman–Crippen LogP) is 3.74. The van der Waals surface area contributed by atoms with Gasteiger partial charge in [-0.25, -0.2) is 0 Å². The van der Waals surface area contributed by atoms with Crippen LogP contribution in [0.1, 0.15) is 47.0 Å². The molecule has 7 rings (SSSR count). The topological polar surface area (TPSA) is 132 Å². The van der Waals surface area contributed by atoms with Crippen molar-refractivity contribution in [3.8, 4) is 0 Å². The fraction of sp³-hybridized carbons (Fsp3) is 0.286. The Bertz CT molecular complexity index is 1750. The number of hydrogen-bond donors (Lipinski definition) is 4. The van der Waals surface area contributed by atoms with Crippen molar-refractivity contribution in [3.05, 3.63) is 87.5 Å². The molecule has 5 aromatic rings. The molecule has 1 spiro atoms. The van der Waals surface area contributed by atoms with Crippen LogP contribution < -0.4 is 16.2 Å². The molecule has 1 atom stereocenters. The van der Waals surface area contributed by atoms with Crippen LogP contribution in [0.5, 0.6) is 0 Å². The Morgan fingerprint density at radius 2 is 1.95 bits per heavy atom. The smallest absolute Gasteiger partial charge is 0.264 e. The minimum atomic E-state index is -0.226. The Kier molecular flexibility index (Phi) is 4.68. The van der Waals surface area contributed by atoms with Crippen molar-refractivity contribution in [3.63, 3.8) is 0 Å². The van der Waals surface area contributed by atoms with Crippen LogP contribution in [0.4, 0.5) is 5.95 Å². The molecule has 5 N–H and O–H groups in total. The van der Waals surface area contributed by atoms with Gasteiger partial charge in [-0.15, -0.1) is 0 Å². The fourth-order valence-corrected chi connectivity index (χ4v) is 6.23. The summed E-state index contributed by atoms with van der Waals surface area (Å²) in [6.07, 6.45) is 2.91. The first-order valence-electron chi connectivity index (χ1n) is 12.6. The lowest BCUT2D eigenvalue weighted by molar-refractivity contribution is 0.187. The van der Waals surface area contributed by atoms with Crippen LogP contribution in [0.3, 0.4) is 0 Å². The van der Waals surface area contributed by atoms with Gasteiger partial charge in [0.25, 0.3) is 5.56 Å². The number of nitrogens with zero attached hydrogens (tertiary/aromatic N) is 4. The van der Waals surface area contributed by atoms with E-state index in [1.165, 1.54) is 11.1 Å². The van der Waals surface area contributed by atoms with Gasteiger partial charge >= 0.3 is 0 Å². The molecule has 0 amide bonds. The lowest BCUT2D eigenvalue weighted by atomic mass is 9.73. The van der Waals surface area contributed by atoms with E-state index in [0.717, 1.165) is 54.5 Å². The largest absolute Gasteiger partial charge is 0.342 e. The first-order valence-corrected chi connectivity index (χ1v) is 12.6. The summed E-state index contributed by atoms with van der Waals surface area (Å²) in [5.41, 5.74) is 13.6. The first kappa shape index (κ1) is 22.0. The number of aromatic amines is 3. The molecule has 9 nitrogen and oxygen atoms in total. The van der Waals surface area contributed by atoms with Crippen molar-refractivity contribution >= 4 is 33.5 Å². The second kappa shape index (κ2) is 7.88. The molecule has 9 heteroatoms. The third-order valence-corrected chi connectivity index (χ3v) is 8.46. The average molecular weight is 493 g/mol. The zero-order valence-electron chi connectivity index (χ0n) is 20.6. The van der Waals surface area contributed by atoms with Crippen molar-refractivity contribution in [2.45, 2.75) is 32.2 Å². The van der Waals surface area contributed by atoms with Gasteiger partial charge in [0.1, 0.15) is 11.1 Å². The molecule has 3 aromatic heterocycles. The normalized spacial score (nSPS) is 18.6. The van der Waals surface area contributed by atoms with Crippen LogP contribution >= 0.6 is 0 Å². The molecule has 0 bridgehead atoms. The number of hydrogen-bond acceptors (Lipinski definition) is 6. The van der Waals surface area contributed by atoms with Crippen LogP contribution in [-0.2, 0) is 6.42 Å². The number of piperidine rings is 1. The Balaban J connectivity index is 1.16. The van der Waals surface area contributed by atoms with E-state index in [0.29, 0.717) is 28.2 Å². The van der Waals surface area contributed by atoms with Crippen LogP contribution in [0, 0.1) is 12.3 Å². The summed E-state index contributed by atoms with van der Waals surface area (Å²) < 4.78 is 0. The molecular weight excluding hydrogens is 464 g/mol. The summed E-state index contributed by atoms with van der Waals surface area (Å²) in [6, 6.07) is 14.5. The summed E-state index contributed by atoms with van der Waals surface area (Å²) in [4.78, 5) is 23.2. The standard InChI is InChI=1S/C28H28N8O/c1-15(17-7-8-21-20(13-17)16(2)32-33-21)23-22-25(35-34-23)30-27(31-26(22)37)36-11-9-28(10-12-36)14-18-5-3-4-6-19(18)24(28)29/h3-8,13,24H,1,9-12,14,29H2,2H3,(H,32,33)(H2,30,31,34,35,37)/t24-/m1/s1. The zero-order chi connectivity index (χ0) is 25.3. The van der Waals surface area contributed by atoms with Gasteiger partial charge in [0.05, 0.1) is 11.2 Å². The van der Waals surface area contributed by atoms with Gasteiger partial charge in [-0.05, 0) is 60.4 Å². The quantitative estimate of drug-likeness (QED) is 0.303. The van der Waals surface area contributed by atoms with Crippen molar-refractivity contribution in [1.82, 2.24) is 30.4 Å². The summed E-state index contributed by atoms with van der Waals surface area (Å²) in [5.74, 6) is 0.563. The summed E-state index contributed by atoms with van der Waals surface area (Å²) in [7, 11) is 0. The van der Waals surface area contributed by atoms with Gasteiger partial charge in [-0.1, -0.05) is 36.9 Å². The Morgan fingerprint density at radius 1 is 1.14 bits per heavy atom. The SMILES string of the molecule is C=C(c1ccc2[nH]nc(C)c2c1)c1n[nH]c2nc(N3CCC4(CC3)Cc3ccccc3[C@H]4N)[nH]c(=O)c12. The van der Waals surface area contributed by atoms with E-state index >= 15 is 0 Å². The third-order valence-electron chi connectivity index (χ3n) is 8.46. The van der Waals surface area contributed by atoms with Crippen molar-refractivity contribution in [1.29, 1.82) is 0 Å². The van der Waals surface area contributed by atoms with Crippen molar-refractivity contribution in [2.24, 2.45) is 11.1 Å². The van der Waals surface area contributed by atoms with Crippen LogP contribution in [0.2, 0.25) is 0 Å². The number of nitrogens with two attached hydrogens (primary N) is 1. The van der Waals surface area contributed by atoms with E-state index < -0.39 is 0 Å². The Hall–Kier alpha value is -4.24. The van der Waals surface area contributed by atoms with Gasteiger partial charge in [0.2, 0.25) is 5.95 Å². The molecule has 1 fully saturated rings. The lowest BCUT2D eigenvalue weighted by Crippen LogP contribution is -2.45. The first-order chi connectivity index (χ1) is 17.9. The Labute approximate surface area is 212 Å². The molecule has 1 aliphatic carbocycles. The minimum absolute atomic E-state index is 0.0478. The second-order valence-electron chi connectivity index (χ2n) is 10.4. The molecule has 1 aliphatic heterocycles. The van der Waals surface area contributed by atoms with Gasteiger partial charge in [0, 0.05) is 30.1 Å². The minimum Gasteiger partial charge on any atom is -0.342 e. The van der Waals surface area contributed by atoms with E-state index in [1.807, 2.05) is 25.1 Å². The summed E-state index contributed by atoms with van der Waals surface area (Å²) in [5, 5.41) is 16.1.